The summed E-state index contributed by atoms with van der Waals surface area (Å²) in [6, 6.07) is 13.9. The van der Waals surface area contributed by atoms with Gasteiger partial charge in [0.2, 0.25) is 17.5 Å². The number of aliphatic hydroxyl groups is 1. The molecule has 11 heteroatoms. The van der Waals surface area contributed by atoms with E-state index in [4.69, 9.17) is 17.4 Å². The lowest BCUT2D eigenvalue weighted by atomic mass is 9.79. The Labute approximate surface area is 260 Å². The van der Waals surface area contributed by atoms with Crippen molar-refractivity contribution in [2.45, 2.75) is 62.4 Å². The highest BCUT2D eigenvalue weighted by Gasteiger charge is 2.70. The van der Waals surface area contributed by atoms with Crippen LogP contribution in [0.3, 0.4) is 0 Å². The third-order valence-electron chi connectivity index (χ3n) is 10.3. The molecule has 3 amide bonds. The number of thiol groups is 1. The Kier molecular flexibility index (Phi) is 6.13. The van der Waals surface area contributed by atoms with E-state index in [9.17, 15) is 19.5 Å². The van der Waals surface area contributed by atoms with E-state index in [1.807, 2.05) is 49.5 Å². The van der Waals surface area contributed by atoms with Gasteiger partial charge in [0.05, 0.1) is 5.92 Å². The maximum atomic E-state index is 14.2. The van der Waals surface area contributed by atoms with E-state index < -0.39 is 41.5 Å². The number of carbonyl (C=O) groups is 3. The van der Waals surface area contributed by atoms with E-state index in [1.54, 1.807) is 4.90 Å². The fourth-order valence-corrected chi connectivity index (χ4v) is 8.68. The summed E-state index contributed by atoms with van der Waals surface area (Å²) in [7, 11) is 2.00. The molecule has 0 spiro atoms. The van der Waals surface area contributed by atoms with Gasteiger partial charge in [-0.1, -0.05) is 42.5 Å². The zero-order valence-corrected chi connectivity index (χ0v) is 25.5. The van der Waals surface area contributed by atoms with Crippen molar-refractivity contribution in [2.24, 2.45) is 5.92 Å². The van der Waals surface area contributed by atoms with Gasteiger partial charge in [0.15, 0.2) is 0 Å². The van der Waals surface area contributed by atoms with E-state index in [0.717, 1.165) is 34.0 Å². The average molecular weight is 614 g/mol. The summed E-state index contributed by atoms with van der Waals surface area (Å²) >= 11 is 4.96. The third kappa shape index (κ3) is 3.82. The first-order valence-corrected chi connectivity index (χ1v) is 15.7. The van der Waals surface area contributed by atoms with E-state index in [2.05, 4.69) is 27.5 Å². The van der Waals surface area contributed by atoms with Crippen LogP contribution in [-0.4, -0.2) is 92.4 Å². The second-order valence-electron chi connectivity index (χ2n) is 12.9. The van der Waals surface area contributed by atoms with Crippen molar-refractivity contribution < 1.29 is 24.2 Å². The molecule has 1 aromatic heterocycles. The smallest absolute Gasteiger partial charge is 0.280 e. The first-order valence-electron chi connectivity index (χ1n) is 15.3. The number of hydrogen-bond donors (Lipinski definition) is 4. The first-order chi connectivity index (χ1) is 21.1. The van der Waals surface area contributed by atoms with Crippen LogP contribution in [0.5, 0.6) is 0 Å². The van der Waals surface area contributed by atoms with Gasteiger partial charge in [-0.25, -0.2) is 0 Å². The molecular weight excluding hydrogens is 578 g/mol. The molecule has 0 saturated carbocycles. The third-order valence-corrected chi connectivity index (χ3v) is 10.8. The normalized spacial score (nSPS) is 33.1. The molecule has 0 bridgehead atoms. The molecule has 44 heavy (non-hydrogen) atoms. The Morgan fingerprint density at radius 2 is 1.98 bits per heavy atom. The van der Waals surface area contributed by atoms with Crippen molar-refractivity contribution in [1.29, 1.82) is 0 Å². The molecule has 4 aliphatic heterocycles. The molecule has 8 rings (SSSR count). The number of nitrogens with zero attached hydrogens (tertiary/aromatic N) is 3. The largest absolute Gasteiger partial charge is 0.361 e. The molecule has 3 saturated heterocycles. The van der Waals surface area contributed by atoms with E-state index >= 15 is 0 Å². The Morgan fingerprint density at radius 1 is 1.18 bits per heavy atom. The highest BCUT2D eigenvalue weighted by atomic mass is 32.1. The van der Waals surface area contributed by atoms with Gasteiger partial charge in [-0.15, -0.1) is 12.6 Å². The van der Waals surface area contributed by atoms with E-state index in [1.165, 1.54) is 17.4 Å². The van der Waals surface area contributed by atoms with Crippen molar-refractivity contribution in [3.05, 3.63) is 76.3 Å². The topological polar surface area (TPSA) is 118 Å². The maximum absolute atomic E-state index is 14.2. The van der Waals surface area contributed by atoms with Gasteiger partial charge in [0, 0.05) is 47.6 Å². The Bertz CT molecular complexity index is 1760. The highest BCUT2D eigenvalue weighted by molar-refractivity contribution is 7.84. The van der Waals surface area contributed by atoms with Crippen molar-refractivity contribution in [1.82, 2.24) is 25.0 Å². The summed E-state index contributed by atoms with van der Waals surface area (Å²) in [5.74, 6) is -4.01. The molecule has 3 fully saturated rings. The Balaban J connectivity index is 1.13. The lowest BCUT2D eigenvalue weighted by Crippen LogP contribution is -2.71. The van der Waals surface area contributed by atoms with Crippen molar-refractivity contribution in [3.8, 4) is 0 Å². The van der Waals surface area contributed by atoms with Gasteiger partial charge < -0.3 is 20.3 Å². The van der Waals surface area contributed by atoms with Crippen LogP contribution in [-0.2, 0) is 32.0 Å². The number of benzene rings is 2. The Hall–Kier alpha value is -3.64. The summed E-state index contributed by atoms with van der Waals surface area (Å²) < 4.78 is 6.24. The lowest BCUT2D eigenvalue weighted by molar-refractivity contribution is -0.315. The number of piperazine rings is 1. The average Bonchev–Trinajstić information content (AvgIpc) is 3.71. The summed E-state index contributed by atoms with van der Waals surface area (Å²) in [5.41, 5.74) is 3.32. The SMILES string of the molecule is CN1C[C@H](C(=O)NC2(C)OC3(O)[C@@H]4CCCN4C(=O)C(Cc4ccccc4)N3C2=O)C(S)=C2c3cccc4[nH]cc(c34)C[C@H]21. The number of fused-ring (bicyclic) bond motifs is 5. The fraction of sp³-hybridized carbons (Fsp3) is 0.424. The number of amides is 3. The number of likely N-dealkylation sites (N-methyl/N-ethyl adjacent to an activating group) is 1. The maximum Gasteiger partial charge on any atom is 0.280 e. The van der Waals surface area contributed by atoms with Crippen molar-refractivity contribution in [3.63, 3.8) is 0 Å². The minimum absolute atomic E-state index is 0.0631. The Morgan fingerprint density at radius 3 is 2.77 bits per heavy atom. The number of aromatic nitrogens is 1. The van der Waals surface area contributed by atoms with E-state index in [-0.39, 0.29) is 18.4 Å². The summed E-state index contributed by atoms with van der Waals surface area (Å²) in [4.78, 5) is 51.1. The van der Waals surface area contributed by atoms with Crippen molar-refractivity contribution in [2.75, 3.05) is 20.1 Å². The zero-order valence-electron chi connectivity index (χ0n) is 24.6. The van der Waals surface area contributed by atoms with Gasteiger partial charge in [-0.3, -0.25) is 28.9 Å². The van der Waals surface area contributed by atoms with Crippen LogP contribution in [0.1, 0.15) is 36.5 Å². The fourth-order valence-electron chi connectivity index (χ4n) is 8.21. The molecular formula is C33H35N5O5S. The predicted octanol–water partition coefficient (Wildman–Crippen LogP) is 2.25. The predicted molar refractivity (Wildman–Crippen MR) is 166 cm³/mol. The number of aromatic amines is 1. The number of carbonyl (C=O) groups excluding carboxylic acids is 3. The zero-order chi connectivity index (χ0) is 30.5. The minimum atomic E-state index is -2.07. The number of rotatable bonds is 4. The van der Waals surface area contributed by atoms with Gasteiger partial charge in [0.25, 0.3) is 11.8 Å². The van der Waals surface area contributed by atoms with Gasteiger partial charge in [0.1, 0.15) is 12.1 Å². The van der Waals surface area contributed by atoms with Gasteiger partial charge >= 0.3 is 0 Å². The number of hydrogen-bond acceptors (Lipinski definition) is 7. The van der Waals surface area contributed by atoms with Crippen LogP contribution in [0.25, 0.3) is 16.5 Å². The minimum Gasteiger partial charge on any atom is -0.361 e. The second kappa shape index (κ2) is 9.68. The number of nitrogens with one attached hydrogen (secondary N) is 2. The van der Waals surface area contributed by atoms with Crippen LogP contribution in [0.2, 0.25) is 0 Å². The summed E-state index contributed by atoms with van der Waals surface area (Å²) in [6.45, 7) is 2.35. The highest BCUT2D eigenvalue weighted by Crippen LogP contribution is 2.47. The van der Waals surface area contributed by atoms with Crippen LogP contribution < -0.4 is 5.32 Å². The van der Waals surface area contributed by atoms with Gasteiger partial charge in [-0.2, -0.15) is 0 Å². The van der Waals surface area contributed by atoms with Crippen LogP contribution in [0, 0.1) is 5.92 Å². The lowest BCUT2D eigenvalue weighted by Gasteiger charge is -2.48. The van der Waals surface area contributed by atoms with Crippen LogP contribution in [0.15, 0.2) is 59.6 Å². The molecule has 10 nitrogen and oxygen atoms in total. The molecule has 6 atom stereocenters. The molecule has 0 radical (unpaired) electrons. The molecule has 5 aliphatic rings. The molecule has 2 aromatic carbocycles. The standard InChI is InChI=1S/C33H35N5O5S/c1-32(31(41)38-24(14-18-8-4-3-5-9-18)30(40)37-13-7-12-25(37)33(38,42)43-32)35-29(39)21-17-36(2)23-15-19-16-34-22-11-6-10-20(26(19)22)27(23)28(21)44/h3-6,8-11,16,21,23-25,34,42,44H,7,12-15,17H2,1-2H3,(H,35,39)/t21-,23+,24?,25-,32?,33?/m0/s1. The quantitative estimate of drug-likeness (QED) is 0.336. The monoisotopic (exact) mass is 613 g/mol. The first kappa shape index (κ1) is 27.9. The van der Waals surface area contributed by atoms with Crippen LogP contribution in [0.4, 0.5) is 0 Å². The van der Waals surface area contributed by atoms with Crippen molar-refractivity contribution >= 4 is 46.8 Å². The molecule has 3 aromatic rings. The summed E-state index contributed by atoms with van der Waals surface area (Å²) in [5, 5.41) is 16.1. The molecule has 3 unspecified atom stereocenters. The van der Waals surface area contributed by atoms with Gasteiger partial charge in [-0.05, 0) is 61.6 Å². The number of H-pyrrole nitrogens is 1. The molecule has 3 N–H and O–H groups in total. The molecule has 228 valence electrons. The number of ether oxygens (including phenoxy) is 1. The van der Waals surface area contributed by atoms with E-state index in [0.29, 0.717) is 30.8 Å². The molecule has 5 heterocycles. The molecule has 1 aliphatic carbocycles. The second-order valence-corrected chi connectivity index (χ2v) is 13.4. The van der Waals surface area contributed by atoms with Crippen LogP contribution >= 0.6 is 12.6 Å². The summed E-state index contributed by atoms with van der Waals surface area (Å²) in [6.07, 6.45) is 4.26.